The Hall–Kier alpha value is -0.0831. The number of likely N-dealkylation sites (N-methyl/N-ethyl adjacent to an activating group) is 1. The molecule has 0 aliphatic heterocycles. The molecule has 0 saturated carbocycles. The van der Waals surface area contributed by atoms with Gasteiger partial charge in [-0.3, -0.25) is 0 Å². The molecule has 0 rings (SSSR count). The van der Waals surface area contributed by atoms with Gasteiger partial charge in [-0.05, 0) is 14.1 Å². The smallest absolute Gasteiger partial charge is 0.0342 e. The topological polar surface area (TPSA) is 3.24 Å². The number of hydrogen-bond acceptors (Lipinski definition) is 1. The predicted molar refractivity (Wildman–Crippen MR) is 37.6 cm³/mol. The molecule has 0 aliphatic carbocycles. The Balaban J connectivity index is 3.13. The highest BCUT2D eigenvalue weighted by atomic mass is 28.1. The van der Waals surface area contributed by atoms with Gasteiger partial charge in [-0.2, -0.15) is 0 Å². The van der Waals surface area contributed by atoms with Crippen molar-refractivity contribution in [2.75, 3.05) is 20.6 Å². The Bertz CT molecular complexity index is 68.5. The first-order valence-corrected chi connectivity index (χ1v) is 3.42. The summed E-state index contributed by atoms with van der Waals surface area (Å²) < 4.78 is 0. The maximum atomic E-state index is 3.82. The minimum atomic E-state index is 1.06. The Morgan fingerprint density at radius 3 is 2.14 bits per heavy atom. The number of rotatable bonds is 2. The van der Waals surface area contributed by atoms with Crippen molar-refractivity contribution in [3.8, 4) is 0 Å². The summed E-state index contributed by atoms with van der Waals surface area (Å²) in [5, 5.41) is 1.35. The van der Waals surface area contributed by atoms with E-state index < -0.39 is 0 Å². The van der Waals surface area contributed by atoms with E-state index in [9.17, 15) is 0 Å². The monoisotopic (exact) mass is 115 g/mol. The number of hydrogen-bond donors (Lipinski definition) is 0. The third kappa shape index (κ3) is 5.92. The molecule has 2 heteroatoms. The summed E-state index contributed by atoms with van der Waals surface area (Å²) in [4.78, 5) is 2.13. The van der Waals surface area contributed by atoms with E-state index in [-0.39, 0.29) is 0 Å². The van der Waals surface area contributed by atoms with Crippen LogP contribution in [-0.2, 0) is 0 Å². The van der Waals surface area contributed by atoms with Crippen LogP contribution in [0.4, 0.5) is 0 Å². The molecule has 0 aromatic carbocycles. The molecule has 42 valence electrons. The van der Waals surface area contributed by atoms with Gasteiger partial charge < -0.3 is 4.90 Å². The zero-order valence-electron chi connectivity index (χ0n) is 5.36. The maximum Gasteiger partial charge on any atom is 0.0342 e. The lowest BCUT2D eigenvalue weighted by Gasteiger charge is -2.06. The van der Waals surface area contributed by atoms with Crippen LogP contribution in [0.25, 0.3) is 0 Å². The lowest BCUT2D eigenvalue weighted by Crippen LogP contribution is -2.14. The fourth-order valence-electron chi connectivity index (χ4n) is 0.540. The van der Waals surface area contributed by atoms with Crippen molar-refractivity contribution in [3.05, 3.63) is 11.8 Å². The Morgan fingerprint density at radius 1 is 1.71 bits per heavy atom. The molecule has 0 saturated heterocycles. The average molecular weight is 115 g/mol. The molecule has 0 N–H and O–H groups in total. The van der Waals surface area contributed by atoms with Crippen LogP contribution in [-0.4, -0.2) is 35.8 Å². The summed E-state index contributed by atoms with van der Waals surface area (Å²) in [5.41, 5.74) is 0. The van der Waals surface area contributed by atoms with Crippen molar-refractivity contribution in [2.45, 2.75) is 0 Å². The SMILES string of the molecule is C=C([SiH3])CN(C)C. The summed E-state index contributed by atoms with van der Waals surface area (Å²) in [6.07, 6.45) is 0. The fraction of sp³-hybridized carbons (Fsp3) is 0.600. The van der Waals surface area contributed by atoms with Crippen molar-refractivity contribution < 1.29 is 0 Å². The molecule has 0 radical (unpaired) electrons. The quantitative estimate of drug-likeness (QED) is 0.436. The molecule has 0 unspecified atom stereocenters. The maximum absolute atomic E-state index is 3.82. The second-order valence-corrected chi connectivity index (χ2v) is 3.61. The largest absolute Gasteiger partial charge is 0.306 e. The predicted octanol–water partition coefficient (Wildman–Crippen LogP) is -0.573. The Kier molecular flexibility index (Phi) is 2.95. The molecule has 0 fully saturated rings. The van der Waals surface area contributed by atoms with Crippen LogP contribution in [0.15, 0.2) is 11.8 Å². The van der Waals surface area contributed by atoms with Gasteiger partial charge in [-0.25, -0.2) is 0 Å². The highest BCUT2D eigenvalue weighted by Crippen LogP contribution is 1.81. The molecular weight excluding hydrogens is 102 g/mol. The van der Waals surface area contributed by atoms with Gasteiger partial charge in [0, 0.05) is 16.8 Å². The van der Waals surface area contributed by atoms with Crippen molar-refractivity contribution in [2.24, 2.45) is 0 Å². The van der Waals surface area contributed by atoms with Crippen molar-refractivity contribution in [1.29, 1.82) is 0 Å². The molecule has 1 nitrogen and oxygen atoms in total. The molecule has 0 atom stereocenters. The van der Waals surface area contributed by atoms with Gasteiger partial charge in [0.05, 0.1) is 0 Å². The molecule has 0 amide bonds. The van der Waals surface area contributed by atoms with E-state index in [0.717, 1.165) is 16.8 Å². The molecule has 0 bridgehead atoms. The second kappa shape index (κ2) is 2.99. The zero-order chi connectivity index (χ0) is 5.86. The van der Waals surface area contributed by atoms with Gasteiger partial charge in [-0.1, -0.05) is 5.20 Å². The highest BCUT2D eigenvalue weighted by Gasteiger charge is 1.85. The summed E-state index contributed by atoms with van der Waals surface area (Å²) in [5.74, 6) is 0. The minimum Gasteiger partial charge on any atom is -0.306 e. The molecular formula is C5H13NSi. The summed E-state index contributed by atoms with van der Waals surface area (Å²) >= 11 is 0. The van der Waals surface area contributed by atoms with E-state index in [1.807, 2.05) is 0 Å². The van der Waals surface area contributed by atoms with E-state index in [1.165, 1.54) is 5.20 Å². The van der Waals surface area contributed by atoms with E-state index in [4.69, 9.17) is 0 Å². The van der Waals surface area contributed by atoms with Gasteiger partial charge in [0.25, 0.3) is 0 Å². The standard InChI is InChI=1S/C5H13NSi/c1-5(7)4-6(2)3/h1,4H2,2-3,7H3. The van der Waals surface area contributed by atoms with Gasteiger partial charge in [0.15, 0.2) is 0 Å². The van der Waals surface area contributed by atoms with Crippen LogP contribution in [0.5, 0.6) is 0 Å². The number of nitrogens with zero attached hydrogens (tertiary/aromatic N) is 1. The van der Waals surface area contributed by atoms with E-state index >= 15 is 0 Å². The first-order valence-electron chi connectivity index (χ1n) is 2.42. The van der Waals surface area contributed by atoms with Crippen LogP contribution in [0.3, 0.4) is 0 Å². The van der Waals surface area contributed by atoms with E-state index in [1.54, 1.807) is 0 Å². The van der Waals surface area contributed by atoms with Gasteiger partial charge in [0.2, 0.25) is 0 Å². The van der Waals surface area contributed by atoms with Gasteiger partial charge in [0.1, 0.15) is 0 Å². The molecule has 0 aromatic heterocycles. The fourth-order valence-corrected chi connectivity index (χ4v) is 1.17. The highest BCUT2D eigenvalue weighted by molar-refractivity contribution is 6.21. The summed E-state index contributed by atoms with van der Waals surface area (Å²) in [6, 6.07) is 0. The van der Waals surface area contributed by atoms with Crippen LogP contribution in [0, 0.1) is 0 Å². The molecule has 0 heterocycles. The van der Waals surface area contributed by atoms with Crippen molar-refractivity contribution in [1.82, 2.24) is 4.90 Å². The van der Waals surface area contributed by atoms with Crippen LogP contribution in [0.1, 0.15) is 0 Å². The minimum absolute atomic E-state index is 1.06. The van der Waals surface area contributed by atoms with Gasteiger partial charge >= 0.3 is 0 Å². The molecule has 0 aromatic rings. The van der Waals surface area contributed by atoms with Crippen LogP contribution >= 0.6 is 0 Å². The third-order valence-electron chi connectivity index (χ3n) is 0.586. The Morgan fingerprint density at radius 2 is 2.14 bits per heavy atom. The second-order valence-electron chi connectivity index (χ2n) is 2.19. The molecule has 0 aliphatic rings. The van der Waals surface area contributed by atoms with E-state index in [2.05, 4.69) is 25.6 Å². The molecule has 7 heavy (non-hydrogen) atoms. The van der Waals surface area contributed by atoms with Crippen molar-refractivity contribution >= 4 is 10.2 Å². The van der Waals surface area contributed by atoms with Crippen LogP contribution < -0.4 is 0 Å². The van der Waals surface area contributed by atoms with Crippen LogP contribution in [0.2, 0.25) is 0 Å². The summed E-state index contributed by atoms with van der Waals surface area (Å²) in [6.45, 7) is 4.88. The molecule has 0 spiro atoms. The first kappa shape index (κ1) is 6.92. The van der Waals surface area contributed by atoms with Crippen molar-refractivity contribution in [3.63, 3.8) is 0 Å². The normalized spacial score (nSPS) is 10.1. The average Bonchev–Trinajstić information content (AvgIpc) is 1.27. The lowest BCUT2D eigenvalue weighted by molar-refractivity contribution is 0.453. The third-order valence-corrected chi connectivity index (χ3v) is 0.902. The lowest BCUT2D eigenvalue weighted by atomic mass is 10.6. The summed E-state index contributed by atoms with van der Waals surface area (Å²) in [7, 11) is 5.25. The Labute approximate surface area is 48.4 Å². The first-order chi connectivity index (χ1) is 3.13. The van der Waals surface area contributed by atoms with Gasteiger partial charge in [-0.15, -0.1) is 6.58 Å². The van der Waals surface area contributed by atoms with E-state index in [0.29, 0.717) is 0 Å². The zero-order valence-corrected chi connectivity index (χ0v) is 7.36.